The lowest BCUT2D eigenvalue weighted by molar-refractivity contribution is 0.0600. The number of rotatable bonds is 8. The molecule has 1 heterocycles. The van der Waals surface area contributed by atoms with Crippen molar-refractivity contribution in [2.45, 2.75) is 17.9 Å². The van der Waals surface area contributed by atoms with Crippen LogP contribution in [0.2, 0.25) is 0 Å². The number of esters is 1. The van der Waals surface area contributed by atoms with Gasteiger partial charge in [0.25, 0.3) is 0 Å². The fourth-order valence-corrected chi connectivity index (χ4v) is 4.24. The highest BCUT2D eigenvalue weighted by molar-refractivity contribution is 7.91. The number of pyridine rings is 1. The Morgan fingerprint density at radius 2 is 1.69 bits per heavy atom. The molecule has 3 aromatic rings. The molecular weight excluding hydrogens is 430 g/mol. The number of urea groups is 1. The van der Waals surface area contributed by atoms with E-state index in [0.29, 0.717) is 17.8 Å². The summed E-state index contributed by atoms with van der Waals surface area (Å²) in [5.41, 5.74) is 2.48. The number of anilines is 1. The van der Waals surface area contributed by atoms with Gasteiger partial charge in [-0.05, 0) is 66.1 Å². The van der Waals surface area contributed by atoms with E-state index >= 15 is 0 Å². The smallest absolute Gasteiger partial charge is 0.337 e. The molecule has 0 aliphatic carbocycles. The molecule has 0 saturated carbocycles. The van der Waals surface area contributed by atoms with E-state index in [1.54, 1.807) is 48.8 Å². The van der Waals surface area contributed by atoms with Crippen LogP contribution in [-0.4, -0.2) is 38.3 Å². The van der Waals surface area contributed by atoms with Crippen molar-refractivity contribution in [3.05, 3.63) is 89.7 Å². The summed E-state index contributed by atoms with van der Waals surface area (Å²) < 4.78 is 30.0. The largest absolute Gasteiger partial charge is 0.465 e. The van der Waals surface area contributed by atoms with Gasteiger partial charge in [-0.2, -0.15) is 0 Å². The molecule has 9 heteroatoms. The molecular formula is C23H23N3O5S. The first-order chi connectivity index (χ1) is 15.4. The van der Waals surface area contributed by atoms with Crippen LogP contribution < -0.4 is 10.6 Å². The lowest BCUT2D eigenvalue weighted by atomic mass is 10.1. The average molecular weight is 454 g/mol. The molecule has 0 spiro atoms. The number of carbonyl (C=O) groups is 2. The highest BCUT2D eigenvalue weighted by Crippen LogP contribution is 2.17. The van der Waals surface area contributed by atoms with Crippen molar-refractivity contribution < 1.29 is 22.7 Å². The number of aromatic nitrogens is 1. The Kier molecular flexibility index (Phi) is 7.56. The number of ether oxygens (including phenoxy) is 1. The SMILES string of the molecule is COC(=O)c1cccc(CCS(=O)(=O)c2ccc(NC(=O)NCc3ccncc3)cc2)c1. The van der Waals surface area contributed by atoms with Gasteiger partial charge in [-0.3, -0.25) is 4.98 Å². The first-order valence-electron chi connectivity index (χ1n) is 9.81. The van der Waals surface area contributed by atoms with Crippen LogP contribution in [0.15, 0.2) is 78.0 Å². The number of carbonyl (C=O) groups excluding carboxylic acids is 2. The van der Waals surface area contributed by atoms with Gasteiger partial charge in [0.2, 0.25) is 0 Å². The number of hydrogen-bond donors (Lipinski definition) is 2. The molecule has 0 bridgehead atoms. The zero-order valence-electron chi connectivity index (χ0n) is 17.4. The highest BCUT2D eigenvalue weighted by atomic mass is 32.2. The minimum absolute atomic E-state index is 0.114. The van der Waals surface area contributed by atoms with Crippen LogP contribution in [0.25, 0.3) is 0 Å². The molecule has 0 fully saturated rings. The van der Waals surface area contributed by atoms with Crippen LogP contribution in [0, 0.1) is 0 Å². The van der Waals surface area contributed by atoms with Crippen LogP contribution in [0.3, 0.4) is 0 Å². The second-order valence-electron chi connectivity index (χ2n) is 6.95. The number of amides is 2. The third kappa shape index (κ3) is 6.39. The Morgan fingerprint density at radius 1 is 0.969 bits per heavy atom. The van der Waals surface area contributed by atoms with Gasteiger partial charge >= 0.3 is 12.0 Å². The number of nitrogens with zero attached hydrogens (tertiary/aromatic N) is 1. The molecule has 1 aromatic heterocycles. The summed E-state index contributed by atoms with van der Waals surface area (Å²) in [5, 5.41) is 5.39. The average Bonchev–Trinajstić information content (AvgIpc) is 2.82. The molecule has 0 aliphatic heterocycles. The van der Waals surface area contributed by atoms with Crippen molar-refractivity contribution in [1.29, 1.82) is 0 Å². The van der Waals surface area contributed by atoms with Crippen molar-refractivity contribution in [3.8, 4) is 0 Å². The zero-order chi connectivity index (χ0) is 23.0. The number of nitrogens with one attached hydrogen (secondary N) is 2. The Labute approximate surface area is 186 Å². The molecule has 0 saturated heterocycles. The summed E-state index contributed by atoms with van der Waals surface area (Å²) in [6, 6.07) is 15.9. The van der Waals surface area contributed by atoms with E-state index in [2.05, 4.69) is 20.4 Å². The van der Waals surface area contributed by atoms with Gasteiger partial charge in [0.15, 0.2) is 9.84 Å². The van der Waals surface area contributed by atoms with Crippen LogP contribution in [0.1, 0.15) is 21.5 Å². The lowest BCUT2D eigenvalue weighted by Gasteiger charge is -2.09. The van der Waals surface area contributed by atoms with Crippen LogP contribution in [0.5, 0.6) is 0 Å². The van der Waals surface area contributed by atoms with E-state index in [1.807, 2.05) is 0 Å². The molecule has 2 amide bonds. The Bertz CT molecular complexity index is 1180. The van der Waals surface area contributed by atoms with E-state index < -0.39 is 21.8 Å². The Balaban J connectivity index is 1.56. The highest BCUT2D eigenvalue weighted by Gasteiger charge is 2.15. The first kappa shape index (κ1) is 23.0. The molecule has 0 atom stereocenters. The lowest BCUT2D eigenvalue weighted by Crippen LogP contribution is -2.28. The van der Waals surface area contributed by atoms with Gasteiger partial charge in [-0.25, -0.2) is 18.0 Å². The minimum atomic E-state index is -3.54. The van der Waals surface area contributed by atoms with Crippen molar-refractivity contribution in [3.63, 3.8) is 0 Å². The maximum absolute atomic E-state index is 12.7. The van der Waals surface area contributed by atoms with E-state index in [4.69, 9.17) is 0 Å². The predicted molar refractivity (Wildman–Crippen MR) is 120 cm³/mol. The second kappa shape index (κ2) is 10.5. The zero-order valence-corrected chi connectivity index (χ0v) is 18.3. The first-order valence-corrected chi connectivity index (χ1v) is 11.5. The number of sulfone groups is 1. The van der Waals surface area contributed by atoms with Crippen molar-refractivity contribution in [1.82, 2.24) is 10.3 Å². The number of benzene rings is 2. The maximum atomic E-state index is 12.7. The summed E-state index contributed by atoms with van der Waals surface area (Å²) in [4.78, 5) is 27.7. The topological polar surface area (TPSA) is 114 Å². The van der Waals surface area contributed by atoms with Crippen LogP contribution >= 0.6 is 0 Å². The molecule has 0 radical (unpaired) electrons. The molecule has 32 heavy (non-hydrogen) atoms. The summed E-state index contributed by atoms with van der Waals surface area (Å²) in [6.07, 6.45) is 3.54. The standard InChI is InChI=1S/C23H23N3O5S/c1-31-22(27)19-4-2-3-17(15-19)11-14-32(29,30)21-7-5-20(6-8-21)26-23(28)25-16-18-9-12-24-13-10-18/h2-10,12-13,15H,11,14,16H2,1H3,(H2,25,26,28). The molecule has 2 aromatic carbocycles. The van der Waals surface area contributed by atoms with Crippen molar-refractivity contribution in [2.75, 3.05) is 18.2 Å². The Hall–Kier alpha value is -3.72. The summed E-state index contributed by atoms with van der Waals surface area (Å²) in [6.45, 7) is 0.345. The van der Waals surface area contributed by atoms with Crippen molar-refractivity contribution >= 4 is 27.5 Å². The van der Waals surface area contributed by atoms with Gasteiger partial charge in [0, 0.05) is 24.6 Å². The van der Waals surface area contributed by atoms with E-state index in [9.17, 15) is 18.0 Å². The molecule has 2 N–H and O–H groups in total. The van der Waals surface area contributed by atoms with Crippen LogP contribution in [0.4, 0.5) is 10.5 Å². The van der Waals surface area contributed by atoms with Gasteiger partial charge in [0.1, 0.15) is 0 Å². The van der Waals surface area contributed by atoms with Gasteiger partial charge in [-0.1, -0.05) is 12.1 Å². The molecule has 3 rings (SSSR count). The van der Waals surface area contributed by atoms with Crippen LogP contribution in [-0.2, 0) is 27.5 Å². The quantitative estimate of drug-likeness (QED) is 0.506. The van der Waals surface area contributed by atoms with Gasteiger partial charge in [-0.15, -0.1) is 0 Å². The summed E-state index contributed by atoms with van der Waals surface area (Å²) in [5.74, 6) is -0.584. The van der Waals surface area contributed by atoms with Gasteiger partial charge in [0.05, 0.1) is 23.3 Å². The van der Waals surface area contributed by atoms with E-state index in [-0.39, 0.29) is 17.1 Å². The number of aryl methyl sites for hydroxylation is 1. The van der Waals surface area contributed by atoms with E-state index in [0.717, 1.165) is 11.1 Å². The van der Waals surface area contributed by atoms with Gasteiger partial charge < -0.3 is 15.4 Å². The number of methoxy groups -OCH3 is 1. The number of hydrogen-bond acceptors (Lipinski definition) is 6. The fraction of sp³-hybridized carbons (Fsp3) is 0.174. The predicted octanol–water partition coefficient (Wildman–Crippen LogP) is 3.21. The van der Waals surface area contributed by atoms with Crippen molar-refractivity contribution in [2.24, 2.45) is 0 Å². The second-order valence-corrected chi connectivity index (χ2v) is 9.06. The maximum Gasteiger partial charge on any atom is 0.337 e. The molecule has 8 nitrogen and oxygen atoms in total. The third-order valence-corrected chi connectivity index (χ3v) is 6.41. The Morgan fingerprint density at radius 3 is 2.38 bits per heavy atom. The summed E-state index contributed by atoms with van der Waals surface area (Å²) in [7, 11) is -2.24. The molecule has 0 unspecified atom stereocenters. The monoisotopic (exact) mass is 453 g/mol. The molecule has 166 valence electrons. The third-order valence-electron chi connectivity index (χ3n) is 4.68. The molecule has 0 aliphatic rings. The summed E-state index contributed by atoms with van der Waals surface area (Å²) >= 11 is 0. The minimum Gasteiger partial charge on any atom is -0.465 e. The normalized spacial score (nSPS) is 10.9. The van der Waals surface area contributed by atoms with E-state index in [1.165, 1.54) is 31.4 Å². The fourth-order valence-electron chi connectivity index (χ4n) is 2.95.